The number of anilines is 2. The van der Waals surface area contributed by atoms with Gasteiger partial charge in [-0.25, -0.2) is 4.79 Å². The minimum Gasteiger partial charge on any atom is -0.350 e. The first-order chi connectivity index (χ1) is 18.0. The first-order valence-electron chi connectivity index (χ1n) is 12.9. The summed E-state index contributed by atoms with van der Waals surface area (Å²) in [5.74, 6) is -0.742. The molecule has 198 valence electrons. The van der Waals surface area contributed by atoms with Crippen LogP contribution < -0.4 is 20.9 Å². The van der Waals surface area contributed by atoms with Crippen molar-refractivity contribution in [2.45, 2.75) is 58.5 Å². The number of benzene rings is 3. The molecular weight excluding hydrogens is 476 g/mol. The maximum atomic E-state index is 14.0. The molecule has 1 aliphatic heterocycles. The van der Waals surface area contributed by atoms with E-state index in [1.807, 2.05) is 107 Å². The Kier molecular flexibility index (Phi) is 7.86. The minimum absolute atomic E-state index is 0.147. The van der Waals surface area contributed by atoms with Gasteiger partial charge in [-0.3, -0.25) is 9.59 Å². The Balaban J connectivity index is 1.71. The predicted molar refractivity (Wildman–Crippen MR) is 151 cm³/mol. The van der Waals surface area contributed by atoms with Crippen LogP contribution in [0.2, 0.25) is 0 Å². The fraction of sp³-hybridized carbons (Fsp3) is 0.323. The lowest BCUT2D eigenvalue weighted by molar-refractivity contribution is -0.125. The van der Waals surface area contributed by atoms with E-state index in [4.69, 9.17) is 0 Å². The Morgan fingerprint density at radius 2 is 1.58 bits per heavy atom. The molecule has 0 aromatic heterocycles. The van der Waals surface area contributed by atoms with Gasteiger partial charge in [0.1, 0.15) is 12.6 Å². The molecule has 4 amide bonds. The quantitative estimate of drug-likeness (QED) is 0.435. The Labute approximate surface area is 224 Å². The van der Waals surface area contributed by atoms with Crippen LogP contribution in [-0.2, 0) is 9.59 Å². The number of hydrogen-bond donors (Lipinski definition) is 3. The lowest BCUT2D eigenvalue weighted by Crippen LogP contribution is -2.53. The molecule has 0 spiro atoms. The van der Waals surface area contributed by atoms with Crippen LogP contribution in [0.5, 0.6) is 0 Å². The van der Waals surface area contributed by atoms with Crippen LogP contribution in [0.25, 0.3) is 0 Å². The number of carbonyl (C=O) groups excluding carboxylic acids is 3. The van der Waals surface area contributed by atoms with Crippen molar-refractivity contribution in [3.8, 4) is 0 Å². The van der Waals surface area contributed by atoms with E-state index in [0.717, 1.165) is 22.3 Å². The normalized spacial score (nSPS) is 17.3. The second kappa shape index (κ2) is 11.1. The van der Waals surface area contributed by atoms with Crippen LogP contribution in [0.1, 0.15) is 55.4 Å². The monoisotopic (exact) mass is 512 g/mol. The third kappa shape index (κ3) is 6.59. The van der Waals surface area contributed by atoms with Crippen LogP contribution in [0.4, 0.5) is 16.2 Å². The van der Waals surface area contributed by atoms with Crippen molar-refractivity contribution in [2.75, 3.05) is 16.8 Å². The Hall–Kier alpha value is -4.13. The van der Waals surface area contributed by atoms with Gasteiger partial charge in [0, 0.05) is 22.8 Å². The zero-order valence-electron chi connectivity index (χ0n) is 22.7. The zero-order chi connectivity index (χ0) is 27.4. The maximum absolute atomic E-state index is 14.0. The molecule has 0 bridgehead atoms. The van der Waals surface area contributed by atoms with Gasteiger partial charge >= 0.3 is 6.03 Å². The van der Waals surface area contributed by atoms with Crippen molar-refractivity contribution in [3.63, 3.8) is 0 Å². The highest BCUT2D eigenvalue weighted by Crippen LogP contribution is 2.39. The van der Waals surface area contributed by atoms with E-state index in [1.54, 1.807) is 0 Å². The molecule has 0 radical (unpaired) electrons. The average Bonchev–Trinajstić information content (AvgIpc) is 2.95. The van der Waals surface area contributed by atoms with E-state index in [9.17, 15) is 14.4 Å². The van der Waals surface area contributed by atoms with Gasteiger partial charge in [0.15, 0.2) is 0 Å². The van der Waals surface area contributed by atoms with Gasteiger partial charge < -0.3 is 20.9 Å². The number of amides is 4. The SMILES string of the molecule is Cc1ccc(NC(=O)NC2CC(c3ccccc3)c3ccc(C)cc3N(CC(=O)NC(C)(C)C)C2=O)cc1. The van der Waals surface area contributed by atoms with Gasteiger partial charge in [0.2, 0.25) is 11.8 Å². The summed E-state index contributed by atoms with van der Waals surface area (Å²) >= 11 is 0. The lowest BCUT2D eigenvalue weighted by Gasteiger charge is -2.28. The van der Waals surface area contributed by atoms with E-state index in [2.05, 4.69) is 16.0 Å². The molecule has 0 saturated heterocycles. The van der Waals surface area contributed by atoms with Gasteiger partial charge in [-0.05, 0) is 75.9 Å². The fourth-order valence-electron chi connectivity index (χ4n) is 4.80. The van der Waals surface area contributed by atoms with Crippen molar-refractivity contribution in [1.29, 1.82) is 0 Å². The smallest absolute Gasteiger partial charge is 0.319 e. The lowest BCUT2D eigenvalue weighted by atomic mass is 9.85. The first-order valence-corrected chi connectivity index (χ1v) is 12.9. The van der Waals surface area contributed by atoms with E-state index in [-0.39, 0.29) is 24.3 Å². The molecule has 0 saturated carbocycles. The molecule has 2 unspecified atom stereocenters. The average molecular weight is 513 g/mol. The molecule has 7 nitrogen and oxygen atoms in total. The second-order valence-corrected chi connectivity index (χ2v) is 11.0. The number of urea groups is 1. The number of hydrogen-bond acceptors (Lipinski definition) is 3. The Morgan fingerprint density at radius 3 is 2.24 bits per heavy atom. The van der Waals surface area contributed by atoms with E-state index < -0.39 is 17.6 Å². The molecule has 1 aliphatic rings. The number of fused-ring (bicyclic) bond motifs is 1. The Bertz CT molecular complexity index is 1310. The van der Waals surface area contributed by atoms with Crippen molar-refractivity contribution in [1.82, 2.24) is 10.6 Å². The van der Waals surface area contributed by atoms with Crippen LogP contribution >= 0.6 is 0 Å². The molecule has 4 rings (SSSR count). The van der Waals surface area contributed by atoms with Crippen molar-refractivity contribution >= 4 is 29.2 Å². The highest BCUT2D eigenvalue weighted by Gasteiger charge is 2.37. The summed E-state index contributed by atoms with van der Waals surface area (Å²) in [5.41, 5.74) is 4.93. The van der Waals surface area contributed by atoms with Crippen molar-refractivity contribution < 1.29 is 14.4 Å². The standard InChI is InChI=1S/C31H36N4O3/c1-20-11-14-23(15-12-20)32-30(38)33-26-18-25(22-9-7-6-8-10-22)24-16-13-21(2)17-27(24)35(29(26)37)19-28(36)34-31(3,4)5/h6-17,25-26H,18-19H2,1-5H3,(H,34,36)(H2,32,33,38). The number of nitrogens with one attached hydrogen (secondary N) is 3. The molecule has 0 aliphatic carbocycles. The van der Waals surface area contributed by atoms with Gasteiger partial charge in [0.05, 0.1) is 0 Å². The molecule has 0 fully saturated rings. The fourth-order valence-corrected chi connectivity index (χ4v) is 4.80. The summed E-state index contributed by atoms with van der Waals surface area (Å²) in [6.45, 7) is 9.49. The van der Waals surface area contributed by atoms with Crippen LogP contribution in [0.15, 0.2) is 72.8 Å². The summed E-state index contributed by atoms with van der Waals surface area (Å²) in [6, 6.07) is 22.1. The highest BCUT2D eigenvalue weighted by molar-refractivity contribution is 6.05. The summed E-state index contributed by atoms with van der Waals surface area (Å²) < 4.78 is 0. The van der Waals surface area contributed by atoms with Crippen molar-refractivity contribution in [2.24, 2.45) is 0 Å². The summed E-state index contributed by atoms with van der Waals surface area (Å²) in [6.07, 6.45) is 0.359. The molecule has 3 aromatic carbocycles. The zero-order valence-corrected chi connectivity index (χ0v) is 22.7. The Morgan fingerprint density at radius 1 is 0.921 bits per heavy atom. The summed E-state index contributed by atoms with van der Waals surface area (Å²) in [4.78, 5) is 41.6. The van der Waals surface area contributed by atoms with Crippen molar-refractivity contribution in [3.05, 3.63) is 95.1 Å². The van der Waals surface area contributed by atoms with Gasteiger partial charge in [-0.2, -0.15) is 0 Å². The molecule has 1 heterocycles. The van der Waals surface area contributed by atoms with Gasteiger partial charge in [-0.15, -0.1) is 0 Å². The first kappa shape index (κ1) is 26.9. The molecular formula is C31H36N4O3. The van der Waals surface area contributed by atoms with E-state index >= 15 is 0 Å². The van der Waals surface area contributed by atoms with Crippen LogP contribution in [0, 0.1) is 13.8 Å². The highest BCUT2D eigenvalue weighted by atomic mass is 16.2. The minimum atomic E-state index is -0.846. The predicted octanol–water partition coefficient (Wildman–Crippen LogP) is 5.28. The number of rotatable bonds is 5. The van der Waals surface area contributed by atoms with Crippen LogP contribution in [-0.4, -0.2) is 36.0 Å². The van der Waals surface area contributed by atoms with Gasteiger partial charge in [-0.1, -0.05) is 60.2 Å². The molecule has 2 atom stereocenters. The molecule has 3 aromatic rings. The third-order valence-corrected chi connectivity index (χ3v) is 6.52. The summed E-state index contributed by atoms with van der Waals surface area (Å²) in [5, 5.41) is 8.68. The number of aryl methyl sites for hydroxylation is 2. The topological polar surface area (TPSA) is 90.5 Å². The third-order valence-electron chi connectivity index (χ3n) is 6.52. The summed E-state index contributed by atoms with van der Waals surface area (Å²) in [7, 11) is 0. The second-order valence-electron chi connectivity index (χ2n) is 11.0. The molecule has 7 heteroatoms. The van der Waals surface area contributed by atoms with Gasteiger partial charge in [0.25, 0.3) is 0 Å². The van der Waals surface area contributed by atoms with E-state index in [1.165, 1.54) is 4.90 Å². The molecule has 3 N–H and O–H groups in total. The molecule has 38 heavy (non-hydrogen) atoms. The number of nitrogens with zero attached hydrogens (tertiary/aromatic N) is 1. The maximum Gasteiger partial charge on any atom is 0.319 e. The van der Waals surface area contributed by atoms with E-state index in [0.29, 0.717) is 17.8 Å². The largest absolute Gasteiger partial charge is 0.350 e. The number of carbonyl (C=O) groups is 3. The van der Waals surface area contributed by atoms with Crippen LogP contribution in [0.3, 0.4) is 0 Å².